The minimum Gasteiger partial charge on any atom is -0.487 e. The number of rotatable bonds is 5. The molecule has 0 amide bonds. The van der Waals surface area contributed by atoms with Gasteiger partial charge in [0.2, 0.25) is 5.88 Å². The molecule has 0 radical (unpaired) electrons. The number of methoxy groups -OCH3 is 1. The zero-order valence-electron chi connectivity index (χ0n) is 10.3. The lowest BCUT2D eigenvalue weighted by Crippen LogP contribution is -2.00. The summed E-state index contributed by atoms with van der Waals surface area (Å²) in [6, 6.07) is 13.3. The lowest BCUT2D eigenvalue weighted by atomic mass is 10.2. The van der Waals surface area contributed by atoms with E-state index in [0.717, 1.165) is 17.0 Å². The normalized spacial score (nSPS) is 10.1. The van der Waals surface area contributed by atoms with Crippen LogP contribution in [0.1, 0.15) is 11.3 Å². The summed E-state index contributed by atoms with van der Waals surface area (Å²) in [5.74, 6) is 1.39. The first-order chi connectivity index (χ1) is 8.81. The van der Waals surface area contributed by atoms with E-state index in [2.05, 4.69) is 4.98 Å². The molecule has 2 N–H and O–H groups in total. The van der Waals surface area contributed by atoms with Crippen molar-refractivity contribution in [2.75, 3.05) is 7.11 Å². The van der Waals surface area contributed by atoms with Crippen LogP contribution in [-0.2, 0) is 13.2 Å². The van der Waals surface area contributed by atoms with Crippen molar-refractivity contribution in [1.29, 1.82) is 0 Å². The van der Waals surface area contributed by atoms with E-state index in [0.29, 0.717) is 19.0 Å². The standard InChI is InChI=1S/C14H16N2O2/c1-17-14-4-2-3-12(16-14)10-18-13-7-5-11(9-15)6-8-13/h2-8H,9-10,15H2,1H3. The third kappa shape index (κ3) is 3.21. The summed E-state index contributed by atoms with van der Waals surface area (Å²) in [6.45, 7) is 0.955. The van der Waals surface area contributed by atoms with Crippen molar-refractivity contribution in [3.63, 3.8) is 0 Å². The predicted octanol–water partition coefficient (Wildman–Crippen LogP) is 2.13. The summed E-state index contributed by atoms with van der Waals surface area (Å²) < 4.78 is 10.7. The molecular weight excluding hydrogens is 228 g/mol. The first kappa shape index (κ1) is 12.4. The molecule has 0 saturated heterocycles. The second-order valence-electron chi connectivity index (χ2n) is 3.81. The zero-order valence-corrected chi connectivity index (χ0v) is 10.3. The van der Waals surface area contributed by atoms with Crippen molar-refractivity contribution in [3.05, 3.63) is 53.7 Å². The van der Waals surface area contributed by atoms with Gasteiger partial charge in [0.05, 0.1) is 12.8 Å². The van der Waals surface area contributed by atoms with Gasteiger partial charge in [-0.25, -0.2) is 4.98 Å². The van der Waals surface area contributed by atoms with Crippen LogP contribution in [0.5, 0.6) is 11.6 Å². The van der Waals surface area contributed by atoms with E-state index in [1.807, 2.05) is 36.4 Å². The van der Waals surface area contributed by atoms with Gasteiger partial charge < -0.3 is 15.2 Å². The Morgan fingerprint density at radius 1 is 1.11 bits per heavy atom. The third-order valence-electron chi connectivity index (χ3n) is 2.54. The smallest absolute Gasteiger partial charge is 0.213 e. The van der Waals surface area contributed by atoms with Gasteiger partial charge in [0, 0.05) is 12.6 Å². The number of hydrogen-bond donors (Lipinski definition) is 1. The van der Waals surface area contributed by atoms with Crippen LogP contribution in [0.3, 0.4) is 0 Å². The van der Waals surface area contributed by atoms with Crippen molar-refractivity contribution < 1.29 is 9.47 Å². The summed E-state index contributed by atoms with van der Waals surface area (Å²) in [6.07, 6.45) is 0. The molecule has 0 aliphatic carbocycles. The minimum absolute atomic E-state index is 0.416. The van der Waals surface area contributed by atoms with Crippen molar-refractivity contribution in [3.8, 4) is 11.6 Å². The van der Waals surface area contributed by atoms with Crippen molar-refractivity contribution in [2.24, 2.45) is 5.73 Å². The molecule has 0 saturated carbocycles. The van der Waals surface area contributed by atoms with Gasteiger partial charge in [-0.15, -0.1) is 0 Å². The number of aromatic nitrogens is 1. The van der Waals surface area contributed by atoms with Gasteiger partial charge in [0.1, 0.15) is 12.4 Å². The van der Waals surface area contributed by atoms with E-state index in [4.69, 9.17) is 15.2 Å². The van der Waals surface area contributed by atoms with Crippen molar-refractivity contribution in [1.82, 2.24) is 4.98 Å². The van der Waals surface area contributed by atoms with Crippen LogP contribution in [0.25, 0.3) is 0 Å². The van der Waals surface area contributed by atoms with Crippen LogP contribution < -0.4 is 15.2 Å². The molecule has 18 heavy (non-hydrogen) atoms. The molecule has 4 nitrogen and oxygen atoms in total. The van der Waals surface area contributed by atoms with E-state index in [-0.39, 0.29) is 0 Å². The molecule has 0 bridgehead atoms. The number of nitrogens with zero attached hydrogens (tertiary/aromatic N) is 1. The Labute approximate surface area is 106 Å². The van der Waals surface area contributed by atoms with Gasteiger partial charge in [-0.05, 0) is 23.8 Å². The van der Waals surface area contributed by atoms with Gasteiger partial charge in [-0.2, -0.15) is 0 Å². The number of pyridine rings is 1. The van der Waals surface area contributed by atoms with Gasteiger partial charge >= 0.3 is 0 Å². The first-order valence-electron chi connectivity index (χ1n) is 5.73. The Morgan fingerprint density at radius 3 is 2.56 bits per heavy atom. The average Bonchev–Trinajstić information content (AvgIpc) is 2.46. The number of benzene rings is 1. The van der Waals surface area contributed by atoms with Crippen LogP contribution in [0.2, 0.25) is 0 Å². The lowest BCUT2D eigenvalue weighted by molar-refractivity contribution is 0.298. The van der Waals surface area contributed by atoms with Gasteiger partial charge in [0.15, 0.2) is 0 Å². The van der Waals surface area contributed by atoms with Crippen LogP contribution in [0, 0.1) is 0 Å². The highest BCUT2D eigenvalue weighted by Crippen LogP contribution is 2.14. The van der Waals surface area contributed by atoms with Gasteiger partial charge in [-0.3, -0.25) is 0 Å². The van der Waals surface area contributed by atoms with E-state index >= 15 is 0 Å². The summed E-state index contributed by atoms with van der Waals surface area (Å²) in [5.41, 5.74) is 7.45. The van der Waals surface area contributed by atoms with E-state index in [1.54, 1.807) is 13.2 Å². The summed E-state index contributed by atoms with van der Waals surface area (Å²) in [5, 5.41) is 0. The quantitative estimate of drug-likeness (QED) is 0.875. The molecule has 2 rings (SSSR count). The maximum atomic E-state index is 5.63. The summed E-state index contributed by atoms with van der Waals surface area (Å²) in [7, 11) is 1.60. The molecule has 2 aromatic rings. The Morgan fingerprint density at radius 2 is 1.89 bits per heavy atom. The fourth-order valence-electron chi connectivity index (χ4n) is 1.53. The molecule has 0 unspecified atom stereocenters. The topological polar surface area (TPSA) is 57.4 Å². The molecule has 0 spiro atoms. The van der Waals surface area contributed by atoms with E-state index < -0.39 is 0 Å². The first-order valence-corrected chi connectivity index (χ1v) is 5.73. The second kappa shape index (κ2) is 6.02. The predicted molar refractivity (Wildman–Crippen MR) is 69.5 cm³/mol. The molecule has 1 aromatic heterocycles. The average molecular weight is 244 g/mol. The van der Waals surface area contributed by atoms with Crippen molar-refractivity contribution >= 4 is 0 Å². The molecule has 1 aromatic carbocycles. The van der Waals surface area contributed by atoms with Gasteiger partial charge in [0.25, 0.3) is 0 Å². The SMILES string of the molecule is COc1cccc(COc2ccc(CN)cc2)n1. The molecular formula is C14H16N2O2. The van der Waals surface area contributed by atoms with Crippen LogP contribution in [-0.4, -0.2) is 12.1 Å². The second-order valence-corrected chi connectivity index (χ2v) is 3.81. The largest absolute Gasteiger partial charge is 0.487 e. The van der Waals surface area contributed by atoms with Crippen molar-refractivity contribution in [2.45, 2.75) is 13.2 Å². The number of hydrogen-bond acceptors (Lipinski definition) is 4. The highest BCUT2D eigenvalue weighted by atomic mass is 16.5. The molecule has 0 aliphatic heterocycles. The Kier molecular flexibility index (Phi) is 4.15. The van der Waals surface area contributed by atoms with Crippen LogP contribution in [0.15, 0.2) is 42.5 Å². The number of nitrogens with two attached hydrogens (primary N) is 1. The van der Waals surface area contributed by atoms with Crippen LogP contribution in [0.4, 0.5) is 0 Å². The summed E-state index contributed by atoms with van der Waals surface area (Å²) >= 11 is 0. The molecule has 94 valence electrons. The maximum Gasteiger partial charge on any atom is 0.213 e. The Bertz CT molecular complexity index is 497. The fourth-order valence-corrected chi connectivity index (χ4v) is 1.53. The Balaban J connectivity index is 1.97. The van der Waals surface area contributed by atoms with Gasteiger partial charge in [-0.1, -0.05) is 18.2 Å². The highest BCUT2D eigenvalue weighted by Gasteiger charge is 1.99. The molecule has 0 aliphatic rings. The minimum atomic E-state index is 0.416. The number of ether oxygens (including phenoxy) is 2. The zero-order chi connectivity index (χ0) is 12.8. The van der Waals surface area contributed by atoms with Crippen LogP contribution >= 0.6 is 0 Å². The van der Waals surface area contributed by atoms with E-state index in [1.165, 1.54) is 0 Å². The molecule has 0 atom stereocenters. The molecule has 4 heteroatoms. The lowest BCUT2D eigenvalue weighted by Gasteiger charge is -2.07. The Hall–Kier alpha value is -2.07. The highest BCUT2D eigenvalue weighted by molar-refractivity contribution is 5.27. The summed E-state index contributed by atoms with van der Waals surface area (Å²) in [4.78, 5) is 4.27. The molecule has 1 heterocycles. The maximum absolute atomic E-state index is 5.63. The van der Waals surface area contributed by atoms with E-state index in [9.17, 15) is 0 Å². The third-order valence-corrected chi connectivity index (χ3v) is 2.54. The molecule has 0 fully saturated rings. The fraction of sp³-hybridized carbons (Fsp3) is 0.214. The monoisotopic (exact) mass is 244 g/mol.